The van der Waals surface area contributed by atoms with Gasteiger partial charge in [-0.2, -0.15) is 0 Å². The molecule has 2 nitrogen and oxygen atoms in total. The Morgan fingerprint density at radius 3 is 2.78 bits per heavy atom. The van der Waals surface area contributed by atoms with E-state index in [2.05, 4.69) is 0 Å². The minimum Gasteiger partial charge on any atom is -0.511 e. The van der Waals surface area contributed by atoms with Gasteiger partial charge in [-0.1, -0.05) is 6.07 Å². The van der Waals surface area contributed by atoms with Crippen molar-refractivity contribution in [3.63, 3.8) is 0 Å². The molecule has 0 unspecified atom stereocenters. The Balaban J connectivity index is 3.01. The van der Waals surface area contributed by atoms with Crippen molar-refractivity contribution < 1.29 is 9.58 Å². The van der Waals surface area contributed by atoms with Crippen molar-refractivity contribution in [3.8, 4) is 0 Å². The third-order valence-corrected chi connectivity index (χ3v) is 1.14. The fraction of sp³-hybridized carbons (Fsp3) is 0.167. The van der Waals surface area contributed by atoms with Crippen molar-refractivity contribution in [2.24, 2.45) is 0 Å². The minimum absolute atomic E-state index is 0.0165. The molecule has 0 aliphatic carbocycles. The van der Waals surface area contributed by atoms with Crippen molar-refractivity contribution >= 4 is 7.98 Å². The Labute approximate surface area is 55.2 Å². The summed E-state index contributed by atoms with van der Waals surface area (Å²) < 4.78 is 1.39. The molecule has 0 atom stereocenters. The lowest BCUT2D eigenvalue weighted by atomic mass is 10.3. The van der Waals surface area contributed by atoms with Crippen molar-refractivity contribution in [3.05, 3.63) is 30.1 Å². The van der Waals surface area contributed by atoms with Gasteiger partial charge >= 0.3 is 0 Å². The van der Waals surface area contributed by atoms with Crippen LogP contribution in [0.2, 0.25) is 0 Å². The van der Waals surface area contributed by atoms with E-state index in [1.807, 2.05) is 6.07 Å². The monoisotopic (exact) mass is 120 g/mol. The van der Waals surface area contributed by atoms with Crippen LogP contribution >= 0.6 is 0 Å². The topological polar surface area (TPSA) is 24.1 Å². The number of pyridine rings is 1. The first kappa shape index (κ1) is 6.30. The highest BCUT2D eigenvalue weighted by Crippen LogP contribution is 1.86. The summed E-state index contributed by atoms with van der Waals surface area (Å²) in [5.74, 6) is 0. The second-order valence-corrected chi connectivity index (χ2v) is 1.76. The van der Waals surface area contributed by atoms with Crippen LogP contribution < -0.4 is 4.48 Å². The maximum absolute atomic E-state index is 8.62. The normalized spacial score (nSPS) is 9.56. The van der Waals surface area contributed by atoms with Crippen LogP contribution in [0.3, 0.4) is 0 Å². The summed E-state index contributed by atoms with van der Waals surface area (Å²) in [4.78, 5) is 0. The van der Waals surface area contributed by atoms with E-state index in [0.717, 1.165) is 0 Å². The van der Waals surface area contributed by atoms with Gasteiger partial charge in [-0.05, 0) is 6.07 Å². The van der Waals surface area contributed by atoms with Gasteiger partial charge in [0.2, 0.25) is 0 Å². The summed E-state index contributed by atoms with van der Waals surface area (Å²) in [5, 5.41) is 8.62. The van der Waals surface area contributed by atoms with Crippen molar-refractivity contribution in [1.29, 1.82) is 0 Å². The molecule has 0 spiro atoms. The number of hydrogen-bond acceptors (Lipinski definition) is 1. The lowest BCUT2D eigenvalue weighted by Crippen LogP contribution is -2.35. The summed E-state index contributed by atoms with van der Waals surface area (Å²) in [6.07, 6.45) is 1.69. The highest BCUT2D eigenvalue weighted by Gasteiger charge is 1.90. The Kier molecular flexibility index (Phi) is 1.85. The van der Waals surface area contributed by atoms with Crippen LogP contribution in [0.4, 0.5) is 0 Å². The number of aromatic nitrogens is 1. The van der Waals surface area contributed by atoms with Crippen molar-refractivity contribution in [1.82, 2.24) is 0 Å². The summed E-state index contributed by atoms with van der Waals surface area (Å²) >= 11 is 0. The second-order valence-electron chi connectivity index (χ2n) is 1.76. The molecule has 0 saturated heterocycles. The SMILES string of the molecule is [B-][n+]1ccccc1CO. The highest BCUT2D eigenvalue weighted by molar-refractivity contribution is 5.94. The van der Waals surface area contributed by atoms with Gasteiger partial charge < -0.3 is 9.58 Å². The predicted molar refractivity (Wildman–Crippen MR) is 33.7 cm³/mol. The largest absolute Gasteiger partial charge is 0.511 e. The van der Waals surface area contributed by atoms with E-state index in [4.69, 9.17) is 13.1 Å². The smallest absolute Gasteiger partial charge is 0.147 e. The molecule has 0 aliphatic rings. The molecule has 3 heteroatoms. The van der Waals surface area contributed by atoms with Crippen molar-refractivity contribution in [2.75, 3.05) is 0 Å². The third-order valence-electron chi connectivity index (χ3n) is 1.14. The Morgan fingerprint density at radius 2 is 2.33 bits per heavy atom. The number of rotatable bonds is 1. The Hall–Kier alpha value is -0.825. The highest BCUT2D eigenvalue weighted by atomic mass is 16.3. The lowest BCUT2D eigenvalue weighted by Gasteiger charge is -2.04. The summed E-state index contributed by atoms with van der Waals surface area (Å²) in [7, 11) is 5.39. The van der Waals surface area contributed by atoms with Gasteiger partial charge in [0, 0.05) is 6.07 Å². The molecule has 3 radical (unpaired) electrons. The van der Waals surface area contributed by atoms with E-state index < -0.39 is 0 Å². The van der Waals surface area contributed by atoms with E-state index in [1.165, 1.54) is 4.48 Å². The molecule has 9 heavy (non-hydrogen) atoms. The molecule has 1 aromatic rings. The molecule has 0 bridgehead atoms. The molecular weight excluding hydrogens is 113 g/mol. The van der Waals surface area contributed by atoms with Crippen LogP contribution in [0.25, 0.3) is 0 Å². The molecule has 0 fully saturated rings. The van der Waals surface area contributed by atoms with Crippen LogP contribution in [-0.4, -0.2) is 13.1 Å². The van der Waals surface area contributed by atoms with Crippen LogP contribution in [0.15, 0.2) is 24.4 Å². The van der Waals surface area contributed by atoms with Crippen LogP contribution in [0.1, 0.15) is 5.69 Å². The molecule has 1 aromatic heterocycles. The molecule has 0 amide bonds. The first-order valence-electron chi connectivity index (χ1n) is 2.70. The predicted octanol–water partition coefficient (Wildman–Crippen LogP) is -0.602. The average molecular weight is 120 g/mol. The van der Waals surface area contributed by atoms with Gasteiger partial charge in [-0.15, -0.1) is 7.98 Å². The molecule has 1 heterocycles. The Morgan fingerprint density at radius 1 is 1.56 bits per heavy atom. The standard InChI is InChI=1S/C6H7BNO/c7-8-4-2-1-3-6(8)5-9/h1-4,9H,5H2. The molecule has 1 N–H and O–H groups in total. The lowest BCUT2D eigenvalue weighted by molar-refractivity contribution is -0.534. The van der Waals surface area contributed by atoms with Crippen LogP contribution in [-0.2, 0) is 6.61 Å². The maximum Gasteiger partial charge on any atom is 0.147 e. The van der Waals surface area contributed by atoms with E-state index >= 15 is 0 Å². The van der Waals surface area contributed by atoms with E-state index in [0.29, 0.717) is 5.69 Å². The zero-order chi connectivity index (χ0) is 6.69. The molecule has 1 rings (SSSR count). The number of hydrogen-bond donors (Lipinski definition) is 1. The molecule has 0 aliphatic heterocycles. The quantitative estimate of drug-likeness (QED) is 0.491. The average Bonchev–Trinajstić information content (AvgIpc) is 1.89. The van der Waals surface area contributed by atoms with Gasteiger partial charge in [-0.25, -0.2) is 0 Å². The van der Waals surface area contributed by atoms with Gasteiger partial charge in [-0.3, -0.25) is 0 Å². The van der Waals surface area contributed by atoms with Gasteiger partial charge in [0.15, 0.2) is 0 Å². The molecule has 45 valence electrons. The number of nitrogens with zero attached hydrogens (tertiary/aromatic N) is 1. The fourth-order valence-corrected chi connectivity index (χ4v) is 0.625. The Bertz CT molecular complexity index is 202. The van der Waals surface area contributed by atoms with Gasteiger partial charge in [0.1, 0.15) is 18.5 Å². The molecular formula is C6H7BNO. The first-order valence-corrected chi connectivity index (χ1v) is 2.70. The molecule has 0 saturated carbocycles. The van der Waals surface area contributed by atoms with Crippen LogP contribution in [0.5, 0.6) is 0 Å². The van der Waals surface area contributed by atoms with Gasteiger partial charge in [0.25, 0.3) is 0 Å². The zero-order valence-corrected chi connectivity index (χ0v) is 4.99. The first-order chi connectivity index (χ1) is 4.34. The van der Waals surface area contributed by atoms with Gasteiger partial charge in [0.05, 0.1) is 0 Å². The fourth-order valence-electron chi connectivity index (χ4n) is 0.625. The van der Waals surface area contributed by atoms with Crippen molar-refractivity contribution in [2.45, 2.75) is 6.61 Å². The number of aliphatic hydroxyl groups is 1. The summed E-state index contributed by atoms with van der Waals surface area (Å²) in [6.45, 7) is -0.0165. The van der Waals surface area contributed by atoms with Crippen LogP contribution in [0, 0.1) is 0 Å². The van der Waals surface area contributed by atoms with E-state index in [9.17, 15) is 0 Å². The zero-order valence-electron chi connectivity index (χ0n) is 4.99. The number of aliphatic hydroxyl groups excluding tert-OH is 1. The minimum atomic E-state index is -0.0165. The second kappa shape index (κ2) is 2.64. The third kappa shape index (κ3) is 1.30. The maximum atomic E-state index is 8.62. The van der Waals surface area contributed by atoms with E-state index in [1.54, 1.807) is 18.3 Å². The molecule has 0 aromatic carbocycles. The van der Waals surface area contributed by atoms with E-state index in [-0.39, 0.29) is 6.61 Å². The summed E-state index contributed by atoms with van der Waals surface area (Å²) in [5.41, 5.74) is 0.706. The summed E-state index contributed by atoms with van der Waals surface area (Å²) in [6, 6.07) is 5.40.